The zero-order valence-corrected chi connectivity index (χ0v) is 12.2. The molecule has 0 bridgehead atoms. The van der Waals surface area contributed by atoms with Gasteiger partial charge in [0, 0.05) is 11.4 Å². The molecule has 0 aliphatic carbocycles. The van der Waals surface area contributed by atoms with Crippen LogP contribution >= 0.6 is 0 Å². The van der Waals surface area contributed by atoms with E-state index >= 15 is 0 Å². The van der Waals surface area contributed by atoms with E-state index in [4.69, 9.17) is 4.74 Å². The van der Waals surface area contributed by atoms with E-state index < -0.39 is 0 Å². The topological polar surface area (TPSA) is 67.4 Å². The van der Waals surface area contributed by atoms with E-state index in [1.54, 1.807) is 18.2 Å². The number of rotatable bonds is 4. The molecule has 0 fully saturated rings. The zero-order valence-electron chi connectivity index (χ0n) is 12.2. The predicted molar refractivity (Wildman–Crippen MR) is 84.1 cm³/mol. The predicted octanol–water partition coefficient (Wildman–Crippen LogP) is 2.51. The standard InChI is InChI=1S/C17H16N2O3/c1-11-2-5-14(6-3-11)22-10-17(21)18-13-4-7-15-12(8-13)9-16(20)19-15/h2-8H,9-10H2,1H3,(H,18,21)(H,19,20). The van der Waals surface area contributed by atoms with Gasteiger partial charge < -0.3 is 15.4 Å². The van der Waals surface area contributed by atoms with Crippen molar-refractivity contribution in [1.82, 2.24) is 0 Å². The summed E-state index contributed by atoms with van der Waals surface area (Å²) in [5, 5.41) is 5.52. The highest BCUT2D eigenvalue weighted by molar-refractivity contribution is 6.00. The second-order valence-electron chi connectivity index (χ2n) is 5.25. The van der Waals surface area contributed by atoms with Crippen molar-refractivity contribution in [2.24, 2.45) is 0 Å². The Bertz CT molecular complexity index is 723. The number of hydrogen-bond donors (Lipinski definition) is 2. The summed E-state index contributed by atoms with van der Waals surface area (Å²) in [7, 11) is 0. The summed E-state index contributed by atoms with van der Waals surface area (Å²) >= 11 is 0. The molecule has 0 saturated heterocycles. The summed E-state index contributed by atoms with van der Waals surface area (Å²) < 4.78 is 5.43. The molecule has 1 aliphatic rings. The molecule has 0 saturated carbocycles. The van der Waals surface area contributed by atoms with Gasteiger partial charge in [0.1, 0.15) is 5.75 Å². The van der Waals surface area contributed by atoms with Crippen LogP contribution in [-0.2, 0) is 16.0 Å². The molecule has 0 spiro atoms. The molecule has 0 aromatic heterocycles. The van der Waals surface area contributed by atoms with E-state index in [-0.39, 0.29) is 18.4 Å². The molecule has 2 aromatic rings. The summed E-state index contributed by atoms with van der Waals surface area (Å²) in [4.78, 5) is 23.2. The van der Waals surface area contributed by atoms with Crippen LogP contribution in [-0.4, -0.2) is 18.4 Å². The number of ether oxygens (including phenoxy) is 1. The Morgan fingerprint density at radius 2 is 2.00 bits per heavy atom. The van der Waals surface area contributed by atoms with E-state index in [0.717, 1.165) is 16.8 Å². The highest BCUT2D eigenvalue weighted by Gasteiger charge is 2.17. The molecule has 3 rings (SSSR count). The number of hydrogen-bond acceptors (Lipinski definition) is 3. The Kier molecular flexibility index (Phi) is 3.78. The maximum absolute atomic E-state index is 11.9. The molecule has 0 atom stereocenters. The van der Waals surface area contributed by atoms with Gasteiger partial charge in [0.25, 0.3) is 5.91 Å². The third-order valence-corrected chi connectivity index (χ3v) is 3.41. The molecular formula is C17H16N2O3. The molecule has 2 N–H and O–H groups in total. The molecule has 5 heteroatoms. The molecule has 22 heavy (non-hydrogen) atoms. The highest BCUT2D eigenvalue weighted by Crippen LogP contribution is 2.25. The summed E-state index contributed by atoms with van der Waals surface area (Å²) in [6.07, 6.45) is 0.346. The maximum Gasteiger partial charge on any atom is 0.262 e. The molecule has 2 amide bonds. The maximum atomic E-state index is 11.9. The van der Waals surface area contributed by atoms with Gasteiger partial charge in [-0.3, -0.25) is 9.59 Å². The van der Waals surface area contributed by atoms with Crippen LogP contribution in [0.15, 0.2) is 42.5 Å². The third kappa shape index (κ3) is 3.25. The van der Waals surface area contributed by atoms with Gasteiger partial charge in [-0.05, 0) is 42.8 Å². The van der Waals surface area contributed by atoms with Crippen molar-refractivity contribution >= 4 is 23.2 Å². The van der Waals surface area contributed by atoms with Gasteiger partial charge in [0.2, 0.25) is 5.91 Å². The summed E-state index contributed by atoms with van der Waals surface area (Å²) in [6.45, 7) is 1.93. The fraction of sp³-hybridized carbons (Fsp3) is 0.176. The molecule has 2 aromatic carbocycles. The van der Waals surface area contributed by atoms with E-state index in [2.05, 4.69) is 10.6 Å². The van der Waals surface area contributed by atoms with E-state index in [9.17, 15) is 9.59 Å². The van der Waals surface area contributed by atoms with Gasteiger partial charge in [0.15, 0.2) is 6.61 Å². The summed E-state index contributed by atoms with van der Waals surface area (Å²) in [5.41, 5.74) is 3.49. The van der Waals surface area contributed by atoms with Crippen molar-refractivity contribution in [1.29, 1.82) is 0 Å². The second kappa shape index (κ2) is 5.89. The first-order valence-electron chi connectivity index (χ1n) is 7.02. The smallest absolute Gasteiger partial charge is 0.262 e. The first-order chi connectivity index (χ1) is 10.6. The fourth-order valence-electron chi connectivity index (χ4n) is 2.29. The van der Waals surface area contributed by atoms with Crippen molar-refractivity contribution in [2.45, 2.75) is 13.3 Å². The van der Waals surface area contributed by atoms with Crippen LogP contribution in [0.3, 0.4) is 0 Å². The monoisotopic (exact) mass is 296 g/mol. The minimum atomic E-state index is -0.238. The SMILES string of the molecule is Cc1ccc(OCC(=O)Nc2ccc3c(c2)CC(=O)N3)cc1. The van der Waals surface area contributed by atoms with Crippen LogP contribution in [0.2, 0.25) is 0 Å². The van der Waals surface area contributed by atoms with Crippen LogP contribution in [0.1, 0.15) is 11.1 Å². The van der Waals surface area contributed by atoms with Crippen molar-refractivity contribution in [3.05, 3.63) is 53.6 Å². The van der Waals surface area contributed by atoms with Gasteiger partial charge in [-0.1, -0.05) is 17.7 Å². The van der Waals surface area contributed by atoms with Crippen LogP contribution < -0.4 is 15.4 Å². The zero-order chi connectivity index (χ0) is 15.5. The first-order valence-corrected chi connectivity index (χ1v) is 7.02. The number of fused-ring (bicyclic) bond motifs is 1. The normalized spacial score (nSPS) is 12.5. The fourth-order valence-corrected chi connectivity index (χ4v) is 2.29. The van der Waals surface area contributed by atoms with E-state index in [0.29, 0.717) is 17.9 Å². The number of carbonyl (C=O) groups excluding carboxylic acids is 2. The molecule has 5 nitrogen and oxygen atoms in total. The second-order valence-corrected chi connectivity index (χ2v) is 5.25. The van der Waals surface area contributed by atoms with Gasteiger partial charge in [-0.15, -0.1) is 0 Å². The number of aryl methyl sites for hydroxylation is 1. The minimum absolute atomic E-state index is 0.0267. The average molecular weight is 296 g/mol. The Labute approximate surface area is 128 Å². The van der Waals surface area contributed by atoms with Gasteiger partial charge in [-0.2, -0.15) is 0 Å². The summed E-state index contributed by atoms with van der Waals surface area (Å²) in [6, 6.07) is 12.9. The number of benzene rings is 2. The molecule has 1 heterocycles. The van der Waals surface area contributed by atoms with E-state index in [1.807, 2.05) is 31.2 Å². The average Bonchev–Trinajstić information content (AvgIpc) is 2.86. The number of nitrogens with one attached hydrogen (secondary N) is 2. The Morgan fingerprint density at radius 3 is 2.77 bits per heavy atom. The molecule has 1 aliphatic heterocycles. The van der Waals surface area contributed by atoms with Gasteiger partial charge in [-0.25, -0.2) is 0 Å². The van der Waals surface area contributed by atoms with Crippen LogP contribution in [0, 0.1) is 6.92 Å². The molecule has 0 radical (unpaired) electrons. The Balaban J connectivity index is 1.57. The number of carbonyl (C=O) groups is 2. The lowest BCUT2D eigenvalue weighted by atomic mass is 10.1. The van der Waals surface area contributed by atoms with Crippen molar-refractivity contribution in [2.75, 3.05) is 17.2 Å². The number of amides is 2. The lowest BCUT2D eigenvalue weighted by Crippen LogP contribution is -2.20. The molecule has 0 unspecified atom stereocenters. The van der Waals surface area contributed by atoms with Gasteiger partial charge >= 0.3 is 0 Å². The van der Waals surface area contributed by atoms with Gasteiger partial charge in [0.05, 0.1) is 6.42 Å². The first kappa shape index (κ1) is 14.1. The van der Waals surface area contributed by atoms with Crippen LogP contribution in [0.25, 0.3) is 0 Å². The van der Waals surface area contributed by atoms with Crippen LogP contribution in [0.5, 0.6) is 5.75 Å². The lowest BCUT2D eigenvalue weighted by Gasteiger charge is -2.09. The molecule has 112 valence electrons. The van der Waals surface area contributed by atoms with Crippen molar-refractivity contribution in [3.8, 4) is 5.75 Å². The van der Waals surface area contributed by atoms with Crippen molar-refractivity contribution in [3.63, 3.8) is 0 Å². The third-order valence-electron chi connectivity index (χ3n) is 3.41. The minimum Gasteiger partial charge on any atom is -0.484 e. The summed E-state index contributed by atoms with van der Waals surface area (Å²) in [5.74, 6) is 0.392. The van der Waals surface area contributed by atoms with E-state index in [1.165, 1.54) is 0 Å². The largest absolute Gasteiger partial charge is 0.484 e. The number of anilines is 2. The van der Waals surface area contributed by atoms with Crippen LogP contribution in [0.4, 0.5) is 11.4 Å². The highest BCUT2D eigenvalue weighted by atomic mass is 16.5. The molecular weight excluding hydrogens is 280 g/mol. The Hall–Kier alpha value is -2.82. The quantitative estimate of drug-likeness (QED) is 0.911. The van der Waals surface area contributed by atoms with Crippen molar-refractivity contribution < 1.29 is 14.3 Å². The Morgan fingerprint density at radius 1 is 1.23 bits per heavy atom. The lowest BCUT2D eigenvalue weighted by molar-refractivity contribution is -0.118.